The average Bonchev–Trinajstić information content (AvgIpc) is 3.07. The molecule has 1 aromatic carbocycles. The number of rotatable bonds is 3. The van der Waals surface area contributed by atoms with Gasteiger partial charge in [0, 0.05) is 19.2 Å². The van der Waals surface area contributed by atoms with E-state index in [1.807, 2.05) is 0 Å². The summed E-state index contributed by atoms with van der Waals surface area (Å²) in [5.41, 5.74) is -6.56. The minimum Gasteiger partial charge on any atom is -0.379 e. The molecule has 15 heteroatoms. The van der Waals surface area contributed by atoms with Gasteiger partial charge in [-0.2, -0.15) is 41.1 Å². The van der Waals surface area contributed by atoms with E-state index in [0.717, 1.165) is 15.1 Å². The summed E-state index contributed by atoms with van der Waals surface area (Å²) < 4.78 is 90.7. The smallest absolute Gasteiger partial charge is 0.379 e. The van der Waals surface area contributed by atoms with Crippen molar-refractivity contribution in [3.05, 3.63) is 39.5 Å². The molecule has 1 saturated heterocycles. The number of ether oxygens (including phenoxy) is 1. The van der Waals surface area contributed by atoms with Crippen LogP contribution in [0.1, 0.15) is 11.3 Å². The molecular formula is C16H11Cl2F6N5OS. The summed E-state index contributed by atoms with van der Waals surface area (Å²) in [4.78, 5) is 0. The fourth-order valence-electron chi connectivity index (χ4n) is 2.65. The molecule has 1 atom stereocenters. The van der Waals surface area contributed by atoms with E-state index in [9.17, 15) is 26.3 Å². The highest BCUT2D eigenvalue weighted by Gasteiger charge is 2.40. The summed E-state index contributed by atoms with van der Waals surface area (Å²) in [6.07, 6.45) is -4.75. The summed E-state index contributed by atoms with van der Waals surface area (Å²) >= 11 is 11.9. The Morgan fingerprint density at radius 2 is 1.65 bits per heavy atom. The number of hydrogen-bond acceptors (Lipinski definition) is 4. The highest BCUT2D eigenvalue weighted by atomic mass is 35.5. The lowest BCUT2D eigenvalue weighted by Gasteiger charge is -2.29. The summed E-state index contributed by atoms with van der Waals surface area (Å²) in [5, 5.41) is 11.9. The third kappa shape index (κ3) is 5.32. The summed E-state index contributed by atoms with van der Waals surface area (Å²) in [6.45, 7) is 0.0864. The Labute approximate surface area is 184 Å². The monoisotopic (exact) mass is 505 g/mol. The van der Waals surface area contributed by atoms with Crippen molar-refractivity contribution in [1.29, 1.82) is 5.26 Å². The van der Waals surface area contributed by atoms with E-state index in [0.29, 0.717) is 12.1 Å². The Balaban J connectivity index is 2.18. The second-order valence-corrected chi connectivity index (χ2v) is 8.55. The van der Waals surface area contributed by atoms with E-state index < -0.39 is 44.0 Å². The second kappa shape index (κ2) is 8.95. The van der Waals surface area contributed by atoms with Crippen LogP contribution in [0.4, 0.5) is 32.2 Å². The van der Waals surface area contributed by atoms with Crippen molar-refractivity contribution in [3.63, 3.8) is 0 Å². The van der Waals surface area contributed by atoms with Gasteiger partial charge < -0.3 is 4.74 Å². The van der Waals surface area contributed by atoms with Crippen LogP contribution in [0.25, 0.3) is 5.69 Å². The predicted molar refractivity (Wildman–Crippen MR) is 101 cm³/mol. The zero-order chi connectivity index (χ0) is 23.0. The Bertz CT molecular complexity index is 1030. The Hall–Kier alpha value is -1.85. The third-order valence-corrected chi connectivity index (χ3v) is 6.17. The average molecular weight is 506 g/mol. The van der Waals surface area contributed by atoms with Gasteiger partial charge in [-0.25, -0.2) is 8.99 Å². The van der Waals surface area contributed by atoms with E-state index in [2.05, 4.69) is 9.46 Å². The highest BCUT2D eigenvalue weighted by Crippen LogP contribution is 2.39. The van der Waals surface area contributed by atoms with E-state index in [4.69, 9.17) is 33.2 Å². The molecule has 1 fully saturated rings. The predicted octanol–water partition coefficient (Wildman–Crippen LogP) is 5.27. The number of hydrogen-bond donors (Lipinski definition) is 0. The maximum atomic E-state index is 13.7. The van der Waals surface area contributed by atoms with Gasteiger partial charge in [0.05, 0.1) is 39.7 Å². The molecular weight excluding hydrogens is 495 g/mol. The molecule has 0 aliphatic carbocycles. The largest absolute Gasteiger partial charge is 0.466 e. The van der Waals surface area contributed by atoms with Crippen molar-refractivity contribution in [2.24, 2.45) is 4.36 Å². The fourth-order valence-corrected chi connectivity index (χ4v) is 4.61. The lowest BCUT2D eigenvalue weighted by atomic mass is 10.2. The first-order valence-corrected chi connectivity index (χ1v) is 10.2. The molecule has 0 radical (unpaired) electrons. The minimum atomic E-state index is -4.76. The minimum absolute atomic E-state index is 0.0346. The van der Waals surface area contributed by atoms with Gasteiger partial charge in [0.1, 0.15) is 11.8 Å². The van der Waals surface area contributed by atoms with Gasteiger partial charge >= 0.3 is 11.7 Å². The first kappa shape index (κ1) is 23.8. The van der Waals surface area contributed by atoms with E-state index in [1.165, 1.54) is 0 Å². The van der Waals surface area contributed by atoms with Crippen molar-refractivity contribution >= 4 is 39.9 Å². The van der Waals surface area contributed by atoms with Crippen molar-refractivity contribution in [2.75, 3.05) is 26.3 Å². The first-order valence-electron chi connectivity index (χ1n) is 8.34. The highest BCUT2D eigenvalue weighted by molar-refractivity contribution is 7.86. The number of benzene rings is 1. The van der Waals surface area contributed by atoms with Gasteiger partial charge in [-0.15, -0.1) is 0 Å². The van der Waals surface area contributed by atoms with Crippen molar-refractivity contribution < 1.29 is 31.1 Å². The van der Waals surface area contributed by atoms with Crippen LogP contribution >= 0.6 is 23.2 Å². The zero-order valence-electron chi connectivity index (χ0n) is 15.1. The quantitative estimate of drug-likeness (QED) is 0.533. The molecule has 0 bridgehead atoms. The molecule has 2 heterocycles. The van der Waals surface area contributed by atoms with Crippen LogP contribution < -0.4 is 0 Å². The molecule has 0 saturated carbocycles. The molecule has 1 unspecified atom stereocenters. The molecule has 168 valence electrons. The molecule has 0 spiro atoms. The lowest BCUT2D eigenvalue weighted by Crippen LogP contribution is -2.42. The second-order valence-electron chi connectivity index (χ2n) is 6.04. The van der Waals surface area contributed by atoms with Gasteiger partial charge in [-0.05, 0) is 12.1 Å². The van der Waals surface area contributed by atoms with Crippen LogP contribution in [0, 0.1) is 11.3 Å². The molecule has 6 nitrogen and oxygen atoms in total. The fraction of sp³-hybridized carbons (Fsp3) is 0.375. The van der Waals surface area contributed by atoms with Crippen molar-refractivity contribution in [1.82, 2.24) is 14.1 Å². The van der Waals surface area contributed by atoms with E-state index >= 15 is 0 Å². The lowest BCUT2D eigenvalue weighted by molar-refractivity contribution is -0.137. The normalized spacial score (nSPS) is 17.0. The molecule has 1 aliphatic rings. The van der Waals surface area contributed by atoms with Crippen molar-refractivity contribution in [2.45, 2.75) is 11.7 Å². The Morgan fingerprint density at radius 1 is 1.06 bits per heavy atom. The third-order valence-electron chi connectivity index (χ3n) is 3.96. The van der Waals surface area contributed by atoms with Crippen LogP contribution in [0.15, 0.2) is 22.6 Å². The standard InChI is InChI=1S/C16H11Cl2F6N5OS/c17-11-5-9(15(19,20)21)6-12(18)14(11)29-13(7-10(8-25)26-29)27-31(16(22,23)24)28-1-3-30-4-2-28/h5-7H,1-4H2. The Kier molecular flexibility index (Phi) is 6.87. The number of nitrogens with zero attached hydrogens (tertiary/aromatic N) is 5. The summed E-state index contributed by atoms with van der Waals surface area (Å²) in [5.74, 6) is -0.438. The number of halogens is 8. The van der Waals surface area contributed by atoms with Gasteiger partial charge in [0.25, 0.3) is 0 Å². The first-order chi connectivity index (χ1) is 14.4. The molecule has 1 aromatic heterocycles. The molecule has 2 aromatic rings. The van der Waals surface area contributed by atoms with Crippen LogP contribution in [-0.2, 0) is 21.8 Å². The van der Waals surface area contributed by atoms with E-state index in [1.54, 1.807) is 6.07 Å². The van der Waals surface area contributed by atoms with Crippen LogP contribution in [-0.4, -0.2) is 45.9 Å². The molecule has 0 amide bonds. The Morgan fingerprint density at radius 3 is 2.13 bits per heavy atom. The summed E-state index contributed by atoms with van der Waals surface area (Å²) in [7, 11) is -2.64. The summed E-state index contributed by atoms with van der Waals surface area (Å²) in [6, 6.07) is 3.75. The number of alkyl halides is 6. The van der Waals surface area contributed by atoms with Gasteiger partial charge in [-0.1, -0.05) is 23.2 Å². The topological polar surface area (TPSA) is 66.4 Å². The van der Waals surface area contributed by atoms with Crippen LogP contribution in [0.3, 0.4) is 0 Å². The SMILES string of the molecule is N#Cc1cc(/N=S(/N2CCOCC2)C(F)(F)F)n(-c2c(Cl)cc(C(F)(F)F)cc2Cl)n1. The molecule has 0 N–H and O–H groups in total. The molecule has 31 heavy (non-hydrogen) atoms. The maximum absolute atomic E-state index is 13.7. The molecule has 3 rings (SSSR count). The maximum Gasteiger partial charge on any atom is 0.466 e. The van der Waals surface area contributed by atoms with E-state index in [-0.39, 0.29) is 37.7 Å². The molecule has 1 aliphatic heterocycles. The zero-order valence-corrected chi connectivity index (χ0v) is 17.5. The van der Waals surface area contributed by atoms with Gasteiger partial charge in [0.2, 0.25) is 0 Å². The van der Waals surface area contributed by atoms with Crippen LogP contribution in [0.5, 0.6) is 0 Å². The number of morpholine rings is 1. The van der Waals surface area contributed by atoms with Crippen molar-refractivity contribution in [3.8, 4) is 11.8 Å². The van der Waals surface area contributed by atoms with Gasteiger partial charge in [-0.3, -0.25) is 0 Å². The van der Waals surface area contributed by atoms with Gasteiger partial charge in [0.15, 0.2) is 11.5 Å². The van der Waals surface area contributed by atoms with Crippen LogP contribution in [0.2, 0.25) is 10.0 Å². The number of aromatic nitrogens is 2. The number of nitriles is 1.